The van der Waals surface area contributed by atoms with Gasteiger partial charge in [0.15, 0.2) is 0 Å². The molecule has 6 N–H and O–H groups in total. The van der Waals surface area contributed by atoms with Gasteiger partial charge in [-0.25, -0.2) is 0 Å². The first-order valence-corrected chi connectivity index (χ1v) is 0. The molecule has 0 aromatic carbocycles. The number of hydrogen-bond donors (Lipinski definition) is 2. The van der Waals surface area contributed by atoms with E-state index in [1.165, 1.54) is 0 Å². The molecule has 0 fully saturated rings. The molecule has 0 aromatic heterocycles. The van der Waals surface area contributed by atoms with Gasteiger partial charge in [0, 0.05) is 19.5 Å². The van der Waals surface area contributed by atoms with Crippen molar-refractivity contribution in [3.63, 3.8) is 0 Å². The fourth-order valence-electron chi connectivity index (χ4n) is 0. The van der Waals surface area contributed by atoms with Gasteiger partial charge in [0.2, 0.25) is 0 Å². The topological polar surface area (TPSA) is 70.0 Å². The van der Waals surface area contributed by atoms with Gasteiger partial charge in [-0.05, 0) is 0 Å². The molecule has 0 heterocycles. The van der Waals surface area contributed by atoms with Crippen molar-refractivity contribution in [2.45, 2.75) is 0 Å². The molecule has 0 amide bonds. The maximum absolute atomic E-state index is 0. The zero-order valence-electron chi connectivity index (χ0n) is 2.47. The molecule has 1 atom stereocenters. The van der Waals surface area contributed by atoms with Crippen LogP contribution in [0.5, 0.6) is 0 Å². The van der Waals surface area contributed by atoms with Gasteiger partial charge in [0.25, 0.3) is 0 Å². The summed E-state index contributed by atoms with van der Waals surface area (Å²) in [7, 11) is 0. The van der Waals surface area contributed by atoms with Crippen LogP contribution in [0.25, 0.3) is 0 Å². The quantitative estimate of drug-likeness (QED) is 0.406. The molecule has 0 radical (unpaired) electrons. The summed E-state index contributed by atoms with van der Waals surface area (Å²) in [6.45, 7) is 0. The third kappa shape index (κ3) is 12.2. The molecule has 0 rings (SSSR count). The first-order chi connectivity index (χ1) is 0. The Bertz CT molecular complexity index is 6.00. The molecule has 0 aromatic rings. The van der Waals surface area contributed by atoms with Crippen LogP contribution in [0.4, 0.5) is 0 Å². The molecular weight excluding hydrogens is 160 g/mol. The molecule has 0 saturated heterocycles. The number of rotatable bonds is 0. The first-order valence-electron chi connectivity index (χ1n) is 0. The van der Waals surface area contributed by atoms with E-state index in [0.717, 1.165) is 0 Å². The van der Waals surface area contributed by atoms with E-state index in [9.17, 15) is 0 Å². The second-order valence-electron chi connectivity index (χ2n) is 0. The van der Waals surface area contributed by atoms with E-state index in [1.54, 1.807) is 0 Å². The Balaban J connectivity index is 0. The Morgan fingerprint density at radius 1 is 0.750 bits per heavy atom. The Labute approximate surface area is 42.3 Å². The van der Waals surface area contributed by atoms with Crippen molar-refractivity contribution in [3.05, 3.63) is 0 Å². The minimum absolute atomic E-state index is 0. The molecule has 0 spiro atoms. The molecule has 4 heavy (non-hydrogen) atoms. The summed E-state index contributed by atoms with van der Waals surface area (Å²) in [5, 5.41) is 0. The second kappa shape index (κ2) is 37.1. The summed E-state index contributed by atoms with van der Waals surface area (Å²) >= 11 is 0. The zero-order chi connectivity index (χ0) is 0. The van der Waals surface area contributed by atoms with Crippen LogP contribution in [0.1, 0.15) is 0 Å². The van der Waals surface area contributed by atoms with Crippen molar-refractivity contribution in [1.29, 1.82) is 0 Å². The van der Waals surface area contributed by atoms with Gasteiger partial charge < -0.3 is 12.3 Å². The summed E-state index contributed by atoms with van der Waals surface area (Å²) in [6, 6.07) is 0. The van der Waals surface area contributed by atoms with Gasteiger partial charge in [0.05, 0.1) is 0 Å². The standard InChI is InChI=1S/2H3N.H3P.Ru/h3*1H3;. The van der Waals surface area contributed by atoms with Crippen molar-refractivity contribution in [2.24, 2.45) is 0 Å². The molecule has 0 bridgehead atoms. The average molecular weight is 169 g/mol. The smallest absolute Gasteiger partial charge is 0 e. The van der Waals surface area contributed by atoms with E-state index in [0.29, 0.717) is 0 Å². The largest absolute Gasteiger partial charge is 0.344 e. The third-order valence-electron chi connectivity index (χ3n) is 0. The predicted molar refractivity (Wildman–Crippen MR) is 21.1 cm³/mol. The van der Waals surface area contributed by atoms with Crippen LogP contribution in [0.2, 0.25) is 0 Å². The van der Waals surface area contributed by atoms with Crippen LogP contribution in [0, 0.1) is 0 Å². The van der Waals surface area contributed by atoms with Gasteiger partial charge in [-0.1, -0.05) is 0 Å². The fourth-order valence-corrected chi connectivity index (χ4v) is 0. The Morgan fingerprint density at radius 3 is 0.750 bits per heavy atom. The van der Waals surface area contributed by atoms with Crippen molar-refractivity contribution < 1.29 is 19.5 Å². The van der Waals surface area contributed by atoms with Gasteiger partial charge in [0.1, 0.15) is 0 Å². The van der Waals surface area contributed by atoms with E-state index < -0.39 is 0 Å². The molecule has 0 aliphatic heterocycles. The Kier molecular flexibility index (Phi) is 768. The summed E-state index contributed by atoms with van der Waals surface area (Å²) < 4.78 is 0. The maximum atomic E-state index is 0. The third-order valence-corrected chi connectivity index (χ3v) is 0. The van der Waals surface area contributed by atoms with Crippen molar-refractivity contribution in [3.8, 4) is 0 Å². The van der Waals surface area contributed by atoms with Gasteiger partial charge in [-0.2, -0.15) is 9.90 Å². The van der Waals surface area contributed by atoms with Crippen molar-refractivity contribution in [1.82, 2.24) is 12.3 Å². The average Bonchev–Trinajstić information content (AvgIpc) is 0. The first kappa shape index (κ1) is 82.9. The maximum Gasteiger partial charge on any atom is 0 e. The summed E-state index contributed by atoms with van der Waals surface area (Å²) in [6.07, 6.45) is 0. The van der Waals surface area contributed by atoms with Gasteiger partial charge in [-0.15, -0.1) is 0 Å². The SMILES string of the molecule is N.N.P.[Ru]. The number of hydrogen-bond acceptors (Lipinski definition) is 2. The fraction of sp³-hybridized carbons (Fsp3) is 0. The summed E-state index contributed by atoms with van der Waals surface area (Å²) in [5.74, 6) is 0. The Morgan fingerprint density at radius 2 is 0.750 bits per heavy atom. The van der Waals surface area contributed by atoms with E-state index >= 15 is 0 Å². The summed E-state index contributed by atoms with van der Waals surface area (Å²) in [5.41, 5.74) is 0. The van der Waals surface area contributed by atoms with Crippen molar-refractivity contribution in [2.75, 3.05) is 0 Å². The summed E-state index contributed by atoms with van der Waals surface area (Å²) in [4.78, 5) is 0. The normalized spacial score (nSPS) is 0. The minimum Gasteiger partial charge on any atom is -0.344 e. The minimum atomic E-state index is 0. The van der Waals surface area contributed by atoms with Crippen LogP contribution in [0.15, 0.2) is 0 Å². The molecular formula is H9N2PRu. The molecule has 2 nitrogen and oxygen atoms in total. The van der Waals surface area contributed by atoms with E-state index in [-0.39, 0.29) is 41.7 Å². The van der Waals surface area contributed by atoms with E-state index in [2.05, 4.69) is 0 Å². The van der Waals surface area contributed by atoms with Crippen molar-refractivity contribution >= 4 is 9.90 Å². The molecule has 1 unspecified atom stereocenters. The van der Waals surface area contributed by atoms with Crippen LogP contribution < -0.4 is 12.3 Å². The molecule has 0 aliphatic carbocycles. The van der Waals surface area contributed by atoms with Gasteiger partial charge in [-0.3, -0.25) is 0 Å². The van der Waals surface area contributed by atoms with Crippen LogP contribution >= 0.6 is 9.90 Å². The molecule has 4 heteroatoms. The molecule has 32 valence electrons. The van der Waals surface area contributed by atoms with Gasteiger partial charge >= 0.3 is 0 Å². The monoisotopic (exact) mass is 170 g/mol. The van der Waals surface area contributed by atoms with Crippen LogP contribution in [-0.4, -0.2) is 0 Å². The molecule has 0 aliphatic rings. The zero-order valence-corrected chi connectivity index (χ0v) is 5.63. The second-order valence-corrected chi connectivity index (χ2v) is 0. The Hall–Kier alpha value is 0.973. The van der Waals surface area contributed by atoms with Crippen LogP contribution in [-0.2, 0) is 19.5 Å². The predicted octanol–water partition coefficient (Wildman–Crippen LogP) is 0.380. The van der Waals surface area contributed by atoms with E-state index in [1.807, 2.05) is 0 Å². The van der Waals surface area contributed by atoms with E-state index in [4.69, 9.17) is 0 Å². The van der Waals surface area contributed by atoms with Crippen LogP contribution in [0.3, 0.4) is 0 Å². The molecule has 0 saturated carbocycles.